The molecule has 1 N–H and O–H groups in total. The highest BCUT2D eigenvalue weighted by molar-refractivity contribution is 5.87. The molecule has 1 aliphatic rings. The Labute approximate surface area is 101 Å². The van der Waals surface area contributed by atoms with Crippen LogP contribution < -0.4 is 5.32 Å². The second kappa shape index (κ2) is 5.87. The number of rotatable bonds is 7. The summed E-state index contributed by atoms with van der Waals surface area (Å²) in [4.78, 5) is 11.3. The first-order chi connectivity index (χ1) is 8.31. The van der Waals surface area contributed by atoms with E-state index in [1.165, 1.54) is 39.1 Å². The van der Waals surface area contributed by atoms with E-state index in [0.29, 0.717) is 12.3 Å². The van der Waals surface area contributed by atoms with Crippen molar-refractivity contribution in [3.8, 4) is 0 Å². The van der Waals surface area contributed by atoms with Crippen LogP contribution in [0.15, 0.2) is 16.7 Å². The summed E-state index contributed by atoms with van der Waals surface area (Å²) in [5, 5.41) is 3.32. The van der Waals surface area contributed by atoms with Crippen molar-refractivity contribution in [2.24, 2.45) is 5.92 Å². The molecule has 1 aliphatic carbocycles. The van der Waals surface area contributed by atoms with E-state index in [-0.39, 0.29) is 0 Å². The lowest BCUT2D eigenvalue weighted by molar-refractivity contribution is 0.0563. The number of hydrogen-bond donors (Lipinski definition) is 1. The van der Waals surface area contributed by atoms with E-state index in [1.54, 1.807) is 6.07 Å². The number of furan rings is 1. The van der Waals surface area contributed by atoms with Crippen LogP contribution in [0.25, 0.3) is 0 Å². The van der Waals surface area contributed by atoms with Crippen molar-refractivity contribution >= 4 is 5.97 Å². The number of ether oxygens (including phenoxy) is 1. The highest BCUT2D eigenvalue weighted by atomic mass is 16.5. The largest absolute Gasteiger partial charge is 0.463 e. The van der Waals surface area contributed by atoms with Gasteiger partial charge in [-0.15, -0.1) is 0 Å². The van der Waals surface area contributed by atoms with Crippen LogP contribution in [0.2, 0.25) is 0 Å². The molecule has 0 aromatic carbocycles. The first-order valence-electron chi connectivity index (χ1n) is 6.16. The van der Waals surface area contributed by atoms with E-state index < -0.39 is 5.97 Å². The molecule has 2 rings (SSSR count). The third kappa shape index (κ3) is 3.60. The molecule has 0 spiro atoms. The Kier molecular flexibility index (Phi) is 4.20. The molecule has 1 aromatic heterocycles. The third-order valence-corrected chi connectivity index (χ3v) is 3.10. The molecule has 0 unspecified atom stereocenters. The number of hydrogen-bond acceptors (Lipinski definition) is 4. The zero-order valence-corrected chi connectivity index (χ0v) is 10.2. The monoisotopic (exact) mass is 237 g/mol. The summed E-state index contributed by atoms with van der Waals surface area (Å²) in [5.74, 6) is 0.878. The summed E-state index contributed by atoms with van der Waals surface area (Å²) in [5.41, 5.74) is 0.864. The Balaban J connectivity index is 1.70. The Morgan fingerprint density at radius 2 is 2.41 bits per heavy atom. The Morgan fingerprint density at radius 1 is 1.59 bits per heavy atom. The van der Waals surface area contributed by atoms with Gasteiger partial charge in [0, 0.05) is 12.1 Å². The van der Waals surface area contributed by atoms with Gasteiger partial charge in [0.1, 0.15) is 0 Å². The number of methoxy groups -OCH3 is 1. The fourth-order valence-electron chi connectivity index (χ4n) is 1.89. The van der Waals surface area contributed by atoms with Gasteiger partial charge in [0.05, 0.1) is 13.4 Å². The zero-order valence-electron chi connectivity index (χ0n) is 10.2. The molecule has 1 saturated carbocycles. The van der Waals surface area contributed by atoms with Gasteiger partial charge in [-0.3, -0.25) is 0 Å². The van der Waals surface area contributed by atoms with E-state index in [1.807, 2.05) is 0 Å². The summed E-state index contributed by atoms with van der Waals surface area (Å²) in [6.45, 7) is 1.65. The summed E-state index contributed by atoms with van der Waals surface area (Å²) in [7, 11) is 1.36. The fraction of sp³-hybridized carbons (Fsp3) is 0.615. The van der Waals surface area contributed by atoms with Gasteiger partial charge >= 0.3 is 5.97 Å². The molecule has 1 heterocycles. The number of carbonyl (C=O) groups excluding carboxylic acids is 1. The standard InChI is InChI=1S/C13H19NO3/c1-16-13(15)12-11(6-8-17-12)9-14-7-2-3-10-4-5-10/h6,8,10,14H,2-5,7,9H2,1H3. The van der Waals surface area contributed by atoms with Crippen LogP contribution in [-0.4, -0.2) is 19.6 Å². The summed E-state index contributed by atoms with van der Waals surface area (Å²) < 4.78 is 9.75. The van der Waals surface area contributed by atoms with Crippen molar-refractivity contribution in [1.82, 2.24) is 5.32 Å². The highest BCUT2D eigenvalue weighted by Crippen LogP contribution is 2.33. The number of carbonyl (C=O) groups is 1. The lowest BCUT2D eigenvalue weighted by Gasteiger charge is -2.04. The van der Waals surface area contributed by atoms with Crippen molar-refractivity contribution in [2.75, 3.05) is 13.7 Å². The van der Waals surface area contributed by atoms with Gasteiger partial charge in [0.15, 0.2) is 0 Å². The van der Waals surface area contributed by atoms with Crippen LogP contribution in [0.1, 0.15) is 41.8 Å². The predicted octanol–water partition coefficient (Wildman–Crippen LogP) is 2.35. The average molecular weight is 237 g/mol. The van der Waals surface area contributed by atoms with Crippen molar-refractivity contribution in [2.45, 2.75) is 32.2 Å². The van der Waals surface area contributed by atoms with E-state index in [2.05, 4.69) is 10.1 Å². The normalized spacial score (nSPS) is 14.9. The Morgan fingerprint density at radius 3 is 3.12 bits per heavy atom. The number of esters is 1. The topological polar surface area (TPSA) is 51.5 Å². The molecule has 4 heteroatoms. The van der Waals surface area contributed by atoms with E-state index in [0.717, 1.165) is 18.0 Å². The maximum absolute atomic E-state index is 11.3. The lowest BCUT2D eigenvalue weighted by atomic mass is 10.2. The predicted molar refractivity (Wildman–Crippen MR) is 63.7 cm³/mol. The summed E-state index contributed by atoms with van der Waals surface area (Å²) in [6.07, 6.45) is 6.87. The van der Waals surface area contributed by atoms with Gasteiger partial charge < -0.3 is 14.5 Å². The SMILES string of the molecule is COC(=O)c1occc1CNCCCC1CC1. The Bertz CT molecular complexity index is 368. The van der Waals surface area contributed by atoms with E-state index in [9.17, 15) is 4.79 Å². The quantitative estimate of drug-likeness (QED) is 0.584. The summed E-state index contributed by atoms with van der Waals surface area (Å²) >= 11 is 0. The van der Waals surface area contributed by atoms with E-state index in [4.69, 9.17) is 4.42 Å². The van der Waals surface area contributed by atoms with Gasteiger partial charge in [0.25, 0.3) is 0 Å². The van der Waals surface area contributed by atoms with E-state index >= 15 is 0 Å². The van der Waals surface area contributed by atoms with Crippen molar-refractivity contribution < 1.29 is 13.9 Å². The molecule has 0 amide bonds. The minimum atomic E-state index is -0.412. The maximum Gasteiger partial charge on any atom is 0.374 e. The zero-order chi connectivity index (χ0) is 12.1. The second-order valence-corrected chi connectivity index (χ2v) is 4.53. The maximum atomic E-state index is 11.3. The third-order valence-electron chi connectivity index (χ3n) is 3.10. The highest BCUT2D eigenvalue weighted by Gasteiger charge is 2.20. The molecule has 0 aliphatic heterocycles. The molecule has 94 valence electrons. The Hall–Kier alpha value is -1.29. The molecular weight excluding hydrogens is 218 g/mol. The van der Waals surface area contributed by atoms with Gasteiger partial charge in [-0.2, -0.15) is 0 Å². The van der Waals surface area contributed by atoms with Gasteiger partial charge in [-0.05, 0) is 31.4 Å². The molecular formula is C13H19NO3. The molecule has 0 saturated heterocycles. The minimum absolute atomic E-state index is 0.308. The van der Waals surface area contributed by atoms with Crippen molar-refractivity contribution in [1.29, 1.82) is 0 Å². The molecule has 0 bridgehead atoms. The van der Waals surface area contributed by atoms with Gasteiger partial charge in [0.2, 0.25) is 5.76 Å². The molecule has 0 radical (unpaired) electrons. The average Bonchev–Trinajstić information content (AvgIpc) is 3.05. The molecule has 17 heavy (non-hydrogen) atoms. The van der Waals surface area contributed by atoms with Crippen LogP contribution in [0, 0.1) is 5.92 Å². The molecule has 1 aromatic rings. The first-order valence-corrected chi connectivity index (χ1v) is 6.16. The van der Waals surface area contributed by atoms with Gasteiger partial charge in [-0.1, -0.05) is 12.8 Å². The number of nitrogens with one attached hydrogen (secondary N) is 1. The minimum Gasteiger partial charge on any atom is -0.463 e. The van der Waals surface area contributed by atoms with Crippen LogP contribution >= 0.6 is 0 Å². The van der Waals surface area contributed by atoms with Gasteiger partial charge in [-0.25, -0.2) is 4.79 Å². The van der Waals surface area contributed by atoms with Crippen LogP contribution in [-0.2, 0) is 11.3 Å². The molecule has 4 nitrogen and oxygen atoms in total. The smallest absolute Gasteiger partial charge is 0.374 e. The first kappa shape index (κ1) is 12.2. The van der Waals surface area contributed by atoms with Crippen LogP contribution in [0.5, 0.6) is 0 Å². The molecule has 1 fully saturated rings. The molecule has 0 atom stereocenters. The van der Waals surface area contributed by atoms with Crippen molar-refractivity contribution in [3.05, 3.63) is 23.7 Å². The van der Waals surface area contributed by atoms with Crippen molar-refractivity contribution in [3.63, 3.8) is 0 Å². The van der Waals surface area contributed by atoms with Crippen LogP contribution in [0.4, 0.5) is 0 Å². The second-order valence-electron chi connectivity index (χ2n) is 4.53. The fourth-order valence-corrected chi connectivity index (χ4v) is 1.89. The lowest BCUT2D eigenvalue weighted by Crippen LogP contribution is -2.16. The summed E-state index contributed by atoms with van der Waals surface area (Å²) in [6, 6.07) is 1.81. The van der Waals surface area contributed by atoms with Crippen LogP contribution in [0.3, 0.4) is 0 Å².